The third-order valence-electron chi connectivity index (χ3n) is 6.60. The van der Waals surface area contributed by atoms with Crippen LogP contribution < -0.4 is 10.6 Å². The molecule has 8 nitrogen and oxygen atoms in total. The molecule has 1 saturated carbocycles. The summed E-state index contributed by atoms with van der Waals surface area (Å²) in [5.74, 6) is 0.0255. The average molecular weight is 439 g/mol. The van der Waals surface area contributed by atoms with E-state index < -0.39 is 11.9 Å². The molecule has 4 rings (SSSR count). The Bertz CT molecular complexity index is 1050. The standard InChI is InChI=1S/C23H27FN6O2/c1-14-6-9-18(30(23(31)32)17-4-2-3-5-17)13-29(14)21-11-20(27-22(26)28-21)15-7-8-16(12-25)19(24)10-15/h7-8,10-11,14,17-18H,2-6,9,13H2,1H3,(H,31,32)(H2,26,27,28). The van der Waals surface area contributed by atoms with Crippen LogP contribution >= 0.6 is 0 Å². The Morgan fingerprint density at radius 3 is 2.62 bits per heavy atom. The number of carbonyl (C=O) groups is 1. The van der Waals surface area contributed by atoms with Crippen molar-refractivity contribution in [3.05, 3.63) is 35.6 Å². The van der Waals surface area contributed by atoms with Crippen LogP contribution in [0.5, 0.6) is 0 Å². The van der Waals surface area contributed by atoms with Gasteiger partial charge in [-0.2, -0.15) is 10.2 Å². The Kier molecular flexibility index (Phi) is 6.12. The fourth-order valence-corrected chi connectivity index (χ4v) is 4.94. The van der Waals surface area contributed by atoms with Crippen LogP contribution in [-0.4, -0.2) is 50.7 Å². The van der Waals surface area contributed by atoms with Crippen LogP contribution in [0.3, 0.4) is 0 Å². The number of benzene rings is 1. The Morgan fingerprint density at radius 2 is 1.97 bits per heavy atom. The number of nitrogen functional groups attached to an aromatic ring is 1. The smallest absolute Gasteiger partial charge is 0.407 e. The van der Waals surface area contributed by atoms with Crippen LogP contribution in [0.25, 0.3) is 11.3 Å². The first-order chi connectivity index (χ1) is 15.4. The molecule has 1 aliphatic carbocycles. The predicted molar refractivity (Wildman–Crippen MR) is 119 cm³/mol. The number of piperidine rings is 1. The number of hydrogen-bond donors (Lipinski definition) is 2. The van der Waals surface area contributed by atoms with Gasteiger partial charge in [-0.25, -0.2) is 14.2 Å². The molecular formula is C23H27FN6O2. The maximum absolute atomic E-state index is 14.1. The zero-order valence-electron chi connectivity index (χ0n) is 18.0. The first-order valence-corrected chi connectivity index (χ1v) is 11.0. The third kappa shape index (κ3) is 4.31. The number of anilines is 2. The van der Waals surface area contributed by atoms with E-state index >= 15 is 0 Å². The molecule has 1 aromatic heterocycles. The molecule has 1 aliphatic heterocycles. The van der Waals surface area contributed by atoms with E-state index in [0.717, 1.165) is 38.5 Å². The van der Waals surface area contributed by atoms with Gasteiger partial charge >= 0.3 is 6.09 Å². The summed E-state index contributed by atoms with van der Waals surface area (Å²) in [6.07, 6.45) is 4.70. The molecule has 2 unspecified atom stereocenters. The lowest BCUT2D eigenvalue weighted by Crippen LogP contribution is -2.55. The van der Waals surface area contributed by atoms with Crippen molar-refractivity contribution < 1.29 is 14.3 Å². The van der Waals surface area contributed by atoms with Gasteiger partial charge in [-0.15, -0.1) is 0 Å². The molecule has 2 aliphatic rings. The summed E-state index contributed by atoms with van der Waals surface area (Å²) >= 11 is 0. The van der Waals surface area contributed by atoms with Crippen molar-refractivity contribution in [2.45, 2.75) is 63.6 Å². The van der Waals surface area contributed by atoms with E-state index in [2.05, 4.69) is 21.8 Å². The van der Waals surface area contributed by atoms with E-state index in [1.165, 1.54) is 12.1 Å². The topological polar surface area (TPSA) is 119 Å². The molecule has 0 spiro atoms. The second kappa shape index (κ2) is 8.99. The zero-order chi connectivity index (χ0) is 22.8. The number of hydrogen-bond acceptors (Lipinski definition) is 6. The zero-order valence-corrected chi connectivity index (χ0v) is 18.0. The summed E-state index contributed by atoms with van der Waals surface area (Å²) in [6.45, 7) is 2.60. The van der Waals surface area contributed by atoms with Gasteiger partial charge in [0.15, 0.2) is 0 Å². The van der Waals surface area contributed by atoms with Crippen LogP contribution in [0.15, 0.2) is 24.3 Å². The van der Waals surface area contributed by atoms with Crippen LogP contribution in [0.4, 0.5) is 21.0 Å². The number of halogens is 1. The number of carboxylic acid groups (broad SMARTS) is 1. The van der Waals surface area contributed by atoms with Crippen LogP contribution in [0, 0.1) is 17.1 Å². The average Bonchev–Trinajstić information content (AvgIpc) is 3.28. The molecule has 3 N–H and O–H groups in total. The summed E-state index contributed by atoms with van der Waals surface area (Å²) < 4.78 is 14.1. The van der Waals surface area contributed by atoms with Gasteiger partial charge in [-0.05, 0) is 44.7 Å². The molecule has 168 valence electrons. The van der Waals surface area contributed by atoms with Crippen molar-refractivity contribution in [1.82, 2.24) is 14.9 Å². The van der Waals surface area contributed by atoms with E-state index in [1.807, 2.05) is 6.07 Å². The van der Waals surface area contributed by atoms with E-state index in [-0.39, 0.29) is 29.6 Å². The molecule has 2 aromatic rings. The van der Waals surface area contributed by atoms with E-state index in [9.17, 15) is 14.3 Å². The molecule has 2 atom stereocenters. The fraction of sp³-hybridized carbons (Fsp3) is 0.478. The van der Waals surface area contributed by atoms with Gasteiger partial charge in [0.1, 0.15) is 17.7 Å². The van der Waals surface area contributed by atoms with Crippen LogP contribution in [0.2, 0.25) is 0 Å². The predicted octanol–water partition coefficient (Wildman–Crippen LogP) is 4.02. The van der Waals surface area contributed by atoms with Crippen LogP contribution in [-0.2, 0) is 0 Å². The SMILES string of the molecule is CC1CCC(N(C(=O)O)C2CCCC2)CN1c1cc(-c2ccc(C#N)c(F)c2)nc(N)n1. The largest absolute Gasteiger partial charge is 0.465 e. The van der Waals surface area contributed by atoms with E-state index in [0.29, 0.717) is 23.6 Å². The molecule has 1 amide bonds. The van der Waals surface area contributed by atoms with Gasteiger partial charge in [-0.1, -0.05) is 18.9 Å². The van der Waals surface area contributed by atoms with Crippen molar-refractivity contribution in [3.8, 4) is 17.3 Å². The Hall–Kier alpha value is -3.41. The van der Waals surface area contributed by atoms with Crippen molar-refractivity contribution >= 4 is 17.9 Å². The molecule has 2 fully saturated rings. The summed E-state index contributed by atoms with van der Waals surface area (Å²) in [5, 5.41) is 18.9. The monoisotopic (exact) mass is 438 g/mol. The highest BCUT2D eigenvalue weighted by Gasteiger charge is 2.37. The Morgan fingerprint density at radius 1 is 1.22 bits per heavy atom. The molecule has 32 heavy (non-hydrogen) atoms. The summed E-state index contributed by atoms with van der Waals surface area (Å²) in [4.78, 5) is 24.5. The lowest BCUT2D eigenvalue weighted by molar-refractivity contribution is 0.0901. The molecule has 0 radical (unpaired) electrons. The molecular weight excluding hydrogens is 411 g/mol. The molecule has 1 aromatic carbocycles. The Labute approximate surface area is 186 Å². The van der Waals surface area contributed by atoms with Crippen molar-refractivity contribution in [2.24, 2.45) is 0 Å². The highest BCUT2D eigenvalue weighted by Crippen LogP contribution is 2.33. The van der Waals surface area contributed by atoms with Crippen molar-refractivity contribution in [2.75, 3.05) is 17.2 Å². The molecule has 1 saturated heterocycles. The summed E-state index contributed by atoms with van der Waals surface area (Å²) in [6, 6.07) is 7.94. The maximum Gasteiger partial charge on any atom is 0.407 e. The molecule has 9 heteroatoms. The fourth-order valence-electron chi connectivity index (χ4n) is 4.94. The maximum atomic E-state index is 14.1. The van der Waals surface area contributed by atoms with Crippen molar-refractivity contribution in [1.29, 1.82) is 5.26 Å². The highest BCUT2D eigenvalue weighted by molar-refractivity contribution is 5.67. The first-order valence-electron chi connectivity index (χ1n) is 11.0. The number of nitriles is 1. The van der Waals surface area contributed by atoms with Gasteiger partial charge in [0.2, 0.25) is 5.95 Å². The number of nitrogens with zero attached hydrogens (tertiary/aromatic N) is 5. The minimum Gasteiger partial charge on any atom is -0.465 e. The Balaban J connectivity index is 1.64. The van der Waals surface area contributed by atoms with Crippen LogP contribution in [0.1, 0.15) is 51.0 Å². The normalized spacial score (nSPS) is 21.3. The minimum atomic E-state index is -0.868. The van der Waals surface area contributed by atoms with Gasteiger partial charge < -0.3 is 20.6 Å². The summed E-state index contributed by atoms with van der Waals surface area (Å²) in [5.41, 5.74) is 6.90. The second-order valence-electron chi connectivity index (χ2n) is 8.64. The van der Waals surface area contributed by atoms with Gasteiger partial charge in [-0.3, -0.25) is 0 Å². The van der Waals surface area contributed by atoms with Crippen molar-refractivity contribution in [3.63, 3.8) is 0 Å². The quantitative estimate of drug-likeness (QED) is 0.740. The second-order valence-corrected chi connectivity index (χ2v) is 8.64. The lowest BCUT2D eigenvalue weighted by atomic mass is 9.96. The number of amides is 1. The minimum absolute atomic E-state index is 0.0378. The number of aromatic nitrogens is 2. The first kappa shape index (κ1) is 21.8. The van der Waals surface area contributed by atoms with Gasteiger partial charge in [0.05, 0.1) is 17.3 Å². The lowest BCUT2D eigenvalue weighted by Gasteiger charge is -2.44. The van der Waals surface area contributed by atoms with E-state index in [4.69, 9.17) is 11.0 Å². The molecule has 2 heterocycles. The summed E-state index contributed by atoms with van der Waals surface area (Å²) in [7, 11) is 0. The van der Waals surface area contributed by atoms with Gasteiger partial charge in [0.25, 0.3) is 0 Å². The number of rotatable bonds is 4. The van der Waals surface area contributed by atoms with Gasteiger partial charge in [0, 0.05) is 30.3 Å². The number of nitrogens with two attached hydrogens (primary N) is 1. The highest BCUT2D eigenvalue weighted by atomic mass is 19.1. The third-order valence-corrected chi connectivity index (χ3v) is 6.60. The van der Waals surface area contributed by atoms with E-state index in [1.54, 1.807) is 17.0 Å². The molecule has 0 bridgehead atoms.